The Morgan fingerprint density at radius 2 is 2.18 bits per heavy atom. The zero-order valence-electron chi connectivity index (χ0n) is 11.0. The Kier molecular flexibility index (Phi) is 5.62. The molecular weight excluding hydrogens is 282 g/mol. The van der Waals surface area contributed by atoms with Gasteiger partial charge >= 0.3 is 0 Å². The van der Waals surface area contributed by atoms with E-state index in [4.69, 9.17) is 10.5 Å². The van der Waals surface area contributed by atoms with E-state index in [1.165, 1.54) is 5.69 Å². The second kappa shape index (κ2) is 6.52. The third kappa shape index (κ3) is 4.08. The molecular formula is C12H22BrN3O. The summed E-state index contributed by atoms with van der Waals surface area (Å²) in [6.45, 7) is 4.92. The van der Waals surface area contributed by atoms with Gasteiger partial charge in [-0.25, -0.2) is 0 Å². The number of hydrogen-bond acceptors (Lipinski definition) is 3. The molecule has 2 unspecified atom stereocenters. The van der Waals surface area contributed by atoms with Crippen molar-refractivity contribution in [2.75, 3.05) is 13.7 Å². The lowest BCUT2D eigenvalue weighted by Crippen LogP contribution is -2.27. The van der Waals surface area contributed by atoms with E-state index in [-0.39, 0.29) is 6.04 Å². The van der Waals surface area contributed by atoms with Crippen molar-refractivity contribution in [3.05, 3.63) is 15.9 Å². The second-order valence-corrected chi connectivity index (χ2v) is 5.52. The van der Waals surface area contributed by atoms with Crippen LogP contribution in [0.5, 0.6) is 0 Å². The number of nitrogens with two attached hydrogens (primary N) is 1. The highest BCUT2D eigenvalue weighted by atomic mass is 79.9. The molecule has 2 atom stereocenters. The molecule has 4 nitrogen and oxygen atoms in total. The third-order valence-electron chi connectivity index (χ3n) is 2.87. The standard InChI is InChI=1S/C12H22BrN3O/c1-8(7-17-4)5-10(14)6-11-12(13)9(2)15-16(11)3/h8,10H,5-7,14H2,1-4H3. The lowest BCUT2D eigenvalue weighted by Gasteiger charge is -2.16. The van der Waals surface area contributed by atoms with E-state index in [2.05, 4.69) is 28.0 Å². The summed E-state index contributed by atoms with van der Waals surface area (Å²) in [7, 11) is 3.68. The minimum atomic E-state index is 0.145. The Labute approximate surface area is 112 Å². The van der Waals surface area contributed by atoms with Crippen molar-refractivity contribution in [1.82, 2.24) is 9.78 Å². The summed E-state index contributed by atoms with van der Waals surface area (Å²) in [5, 5.41) is 4.37. The average molecular weight is 304 g/mol. The molecule has 0 aliphatic heterocycles. The van der Waals surface area contributed by atoms with Crippen LogP contribution >= 0.6 is 15.9 Å². The van der Waals surface area contributed by atoms with Crippen molar-refractivity contribution in [3.63, 3.8) is 0 Å². The number of rotatable bonds is 6. The van der Waals surface area contributed by atoms with Gasteiger partial charge in [-0.15, -0.1) is 0 Å². The summed E-state index contributed by atoms with van der Waals surface area (Å²) in [5.41, 5.74) is 8.35. The molecule has 1 heterocycles. The van der Waals surface area contributed by atoms with Crippen molar-refractivity contribution in [1.29, 1.82) is 0 Å². The van der Waals surface area contributed by atoms with Crippen LogP contribution in [-0.2, 0) is 18.2 Å². The fraction of sp³-hybridized carbons (Fsp3) is 0.750. The highest BCUT2D eigenvalue weighted by Crippen LogP contribution is 2.22. The van der Waals surface area contributed by atoms with Gasteiger partial charge in [-0.1, -0.05) is 6.92 Å². The number of halogens is 1. The molecule has 0 aliphatic carbocycles. The van der Waals surface area contributed by atoms with E-state index in [0.717, 1.165) is 29.6 Å². The van der Waals surface area contributed by atoms with Crippen LogP contribution in [-0.4, -0.2) is 29.5 Å². The maximum Gasteiger partial charge on any atom is 0.0738 e. The average Bonchev–Trinajstić information content (AvgIpc) is 2.45. The first kappa shape index (κ1) is 14.7. The molecule has 0 saturated heterocycles. The number of hydrogen-bond donors (Lipinski definition) is 1. The number of aryl methyl sites for hydroxylation is 2. The Balaban J connectivity index is 2.58. The van der Waals surface area contributed by atoms with Gasteiger partial charge in [0.25, 0.3) is 0 Å². The van der Waals surface area contributed by atoms with E-state index >= 15 is 0 Å². The molecule has 98 valence electrons. The minimum Gasteiger partial charge on any atom is -0.384 e. The van der Waals surface area contributed by atoms with Gasteiger partial charge in [0.05, 0.1) is 15.9 Å². The van der Waals surface area contributed by atoms with Crippen LogP contribution < -0.4 is 5.73 Å². The van der Waals surface area contributed by atoms with Gasteiger partial charge < -0.3 is 10.5 Å². The lowest BCUT2D eigenvalue weighted by atomic mass is 9.99. The van der Waals surface area contributed by atoms with Gasteiger partial charge in [0.15, 0.2) is 0 Å². The van der Waals surface area contributed by atoms with Crippen LogP contribution in [0.2, 0.25) is 0 Å². The lowest BCUT2D eigenvalue weighted by molar-refractivity contribution is 0.152. The van der Waals surface area contributed by atoms with Gasteiger partial charge in [-0.3, -0.25) is 4.68 Å². The van der Waals surface area contributed by atoms with E-state index < -0.39 is 0 Å². The zero-order valence-corrected chi connectivity index (χ0v) is 12.6. The summed E-state index contributed by atoms with van der Waals surface area (Å²) >= 11 is 3.56. The Bertz CT molecular complexity index is 365. The van der Waals surface area contributed by atoms with Crippen molar-refractivity contribution >= 4 is 15.9 Å². The van der Waals surface area contributed by atoms with Crippen LogP contribution in [0.1, 0.15) is 24.7 Å². The molecule has 0 saturated carbocycles. The fourth-order valence-corrected chi connectivity index (χ4v) is 2.60. The maximum absolute atomic E-state index is 6.17. The fourth-order valence-electron chi connectivity index (χ4n) is 2.10. The first-order valence-electron chi connectivity index (χ1n) is 5.88. The molecule has 1 aromatic heterocycles. The van der Waals surface area contributed by atoms with E-state index in [0.29, 0.717) is 5.92 Å². The second-order valence-electron chi connectivity index (χ2n) is 4.73. The maximum atomic E-state index is 6.17. The molecule has 0 fully saturated rings. The van der Waals surface area contributed by atoms with Crippen molar-refractivity contribution < 1.29 is 4.74 Å². The zero-order chi connectivity index (χ0) is 13.0. The molecule has 17 heavy (non-hydrogen) atoms. The molecule has 0 aliphatic rings. The predicted octanol–water partition coefficient (Wildman–Crippen LogP) is 2.03. The minimum absolute atomic E-state index is 0.145. The van der Waals surface area contributed by atoms with Gasteiger partial charge in [-0.05, 0) is 35.2 Å². The van der Waals surface area contributed by atoms with Crippen molar-refractivity contribution in [2.45, 2.75) is 32.7 Å². The number of methoxy groups -OCH3 is 1. The monoisotopic (exact) mass is 303 g/mol. The Morgan fingerprint density at radius 1 is 1.53 bits per heavy atom. The third-order valence-corrected chi connectivity index (χ3v) is 3.90. The molecule has 2 N–H and O–H groups in total. The molecule has 0 bridgehead atoms. The largest absolute Gasteiger partial charge is 0.384 e. The summed E-state index contributed by atoms with van der Waals surface area (Å²) in [6, 6.07) is 0.145. The van der Waals surface area contributed by atoms with Crippen LogP contribution in [0.3, 0.4) is 0 Å². The van der Waals surface area contributed by atoms with Crippen LogP contribution in [0.15, 0.2) is 4.47 Å². The summed E-state index contributed by atoms with van der Waals surface area (Å²) in [5.74, 6) is 0.489. The highest BCUT2D eigenvalue weighted by molar-refractivity contribution is 9.10. The first-order valence-corrected chi connectivity index (χ1v) is 6.67. The first-order chi connectivity index (χ1) is 7.95. The van der Waals surface area contributed by atoms with E-state index in [1.54, 1.807) is 7.11 Å². The molecule has 0 amide bonds. The predicted molar refractivity (Wildman–Crippen MR) is 73.0 cm³/mol. The topological polar surface area (TPSA) is 53.1 Å². The SMILES string of the molecule is COCC(C)CC(N)Cc1c(Br)c(C)nn1C. The normalized spacial score (nSPS) is 14.9. The number of nitrogens with zero attached hydrogens (tertiary/aromatic N) is 2. The van der Waals surface area contributed by atoms with Crippen molar-refractivity contribution in [3.8, 4) is 0 Å². The number of aromatic nitrogens is 2. The van der Waals surface area contributed by atoms with Crippen LogP contribution in [0.25, 0.3) is 0 Å². The van der Waals surface area contributed by atoms with Gasteiger partial charge in [0.2, 0.25) is 0 Å². The van der Waals surface area contributed by atoms with Crippen LogP contribution in [0, 0.1) is 12.8 Å². The molecule has 0 radical (unpaired) electrons. The molecule has 1 aromatic rings. The van der Waals surface area contributed by atoms with Gasteiger partial charge in [0, 0.05) is 33.2 Å². The van der Waals surface area contributed by atoms with Crippen LogP contribution in [0.4, 0.5) is 0 Å². The molecule has 5 heteroatoms. The van der Waals surface area contributed by atoms with Gasteiger partial charge in [0.1, 0.15) is 0 Å². The summed E-state index contributed by atoms with van der Waals surface area (Å²) in [4.78, 5) is 0. The Morgan fingerprint density at radius 3 is 2.65 bits per heavy atom. The van der Waals surface area contributed by atoms with Gasteiger partial charge in [-0.2, -0.15) is 5.10 Å². The number of ether oxygens (including phenoxy) is 1. The quantitative estimate of drug-likeness (QED) is 0.875. The highest BCUT2D eigenvalue weighted by Gasteiger charge is 2.16. The van der Waals surface area contributed by atoms with E-state index in [9.17, 15) is 0 Å². The molecule has 0 spiro atoms. The van der Waals surface area contributed by atoms with Crippen molar-refractivity contribution in [2.24, 2.45) is 18.7 Å². The Hall–Kier alpha value is -0.390. The molecule has 1 rings (SSSR count). The smallest absolute Gasteiger partial charge is 0.0738 e. The summed E-state index contributed by atoms with van der Waals surface area (Å²) < 4.78 is 8.11. The summed E-state index contributed by atoms with van der Waals surface area (Å²) in [6.07, 6.45) is 1.80. The molecule has 0 aromatic carbocycles. The van der Waals surface area contributed by atoms with E-state index in [1.807, 2.05) is 18.7 Å².